The first kappa shape index (κ1) is 24.0. The minimum Gasteiger partial charge on any atom is -0.360 e. The fourth-order valence-electron chi connectivity index (χ4n) is 4.07. The van der Waals surface area contributed by atoms with Crippen LogP contribution in [0.15, 0.2) is 89.5 Å². The highest BCUT2D eigenvalue weighted by Gasteiger charge is 2.20. The Morgan fingerprint density at radius 1 is 0.919 bits per heavy atom. The maximum Gasteiger partial charge on any atom is 0.242 e. The second-order valence-corrected chi connectivity index (χ2v) is 8.73. The number of carbonyl (C=O) groups is 1. The third-order valence-corrected chi connectivity index (χ3v) is 6.23. The molecular weight excluding hydrogens is 460 g/mol. The molecule has 0 fully saturated rings. The number of fused-ring (bicyclic) bond motifs is 1. The van der Waals surface area contributed by atoms with Crippen LogP contribution in [0.4, 0.5) is 5.82 Å². The van der Waals surface area contributed by atoms with E-state index in [1.165, 1.54) is 0 Å². The van der Waals surface area contributed by atoms with Crippen molar-refractivity contribution in [3.8, 4) is 34.2 Å². The lowest BCUT2D eigenvalue weighted by atomic mass is 9.98. The van der Waals surface area contributed by atoms with Crippen molar-refractivity contribution in [1.29, 1.82) is 0 Å². The molecular formula is C31H26N4O2. The van der Waals surface area contributed by atoms with Crippen molar-refractivity contribution in [1.82, 2.24) is 15.5 Å². The van der Waals surface area contributed by atoms with Crippen LogP contribution in [0.1, 0.15) is 23.9 Å². The number of aryl methyl sites for hydroxylation is 1. The van der Waals surface area contributed by atoms with Crippen molar-refractivity contribution in [2.45, 2.75) is 19.9 Å². The van der Waals surface area contributed by atoms with E-state index in [0.29, 0.717) is 23.0 Å². The van der Waals surface area contributed by atoms with Gasteiger partial charge in [0, 0.05) is 16.7 Å². The molecule has 2 aromatic heterocycles. The fraction of sp³-hybridized carbons (Fsp3) is 0.129. The summed E-state index contributed by atoms with van der Waals surface area (Å²) in [4.78, 5) is 17.2. The van der Waals surface area contributed by atoms with E-state index in [1.807, 2.05) is 61.5 Å². The molecule has 0 saturated heterocycles. The van der Waals surface area contributed by atoms with Crippen LogP contribution in [0.5, 0.6) is 0 Å². The molecule has 5 aromatic rings. The molecule has 3 aromatic carbocycles. The summed E-state index contributed by atoms with van der Waals surface area (Å²) in [5.41, 5.74) is 4.65. The number of nitrogens with one attached hydrogen (secondary N) is 2. The van der Waals surface area contributed by atoms with Gasteiger partial charge < -0.3 is 15.2 Å². The Balaban J connectivity index is 1.62. The molecule has 2 N–H and O–H groups in total. The minimum atomic E-state index is -0.362. The maximum absolute atomic E-state index is 12.5. The molecule has 0 spiro atoms. The molecule has 1 atom stereocenters. The molecule has 0 aliphatic heterocycles. The van der Waals surface area contributed by atoms with Crippen LogP contribution in [0.2, 0.25) is 0 Å². The molecule has 1 amide bonds. The molecule has 6 heteroatoms. The van der Waals surface area contributed by atoms with Gasteiger partial charge in [-0.25, -0.2) is 4.98 Å². The van der Waals surface area contributed by atoms with E-state index >= 15 is 0 Å². The first-order chi connectivity index (χ1) is 18.0. The standard InChI is InChI=1S/C31H26N4O2/c1-20(32-3)31(36)34-28-18-16-26(29-21(2)37-35-30(29)24-10-5-4-6-11-24)27(33-28)17-14-22-13-15-23-9-7-8-12-25(23)19-22/h4-13,15-16,18-20,32H,1-3H3,(H,33,34,36). The van der Waals surface area contributed by atoms with Gasteiger partial charge in [-0.05, 0) is 61.9 Å². The lowest BCUT2D eigenvalue weighted by Gasteiger charge is -2.12. The molecule has 0 saturated carbocycles. The van der Waals surface area contributed by atoms with Crippen molar-refractivity contribution in [2.24, 2.45) is 0 Å². The molecule has 2 heterocycles. The first-order valence-electron chi connectivity index (χ1n) is 12.1. The number of benzene rings is 3. The molecule has 182 valence electrons. The zero-order valence-electron chi connectivity index (χ0n) is 20.9. The van der Waals surface area contributed by atoms with Gasteiger partial charge in [0.1, 0.15) is 23.0 Å². The minimum absolute atomic E-state index is 0.178. The monoisotopic (exact) mass is 486 g/mol. The van der Waals surface area contributed by atoms with Gasteiger partial charge in [0.15, 0.2) is 0 Å². The number of aromatic nitrogens is 2. The van der Waals surface area contributed by atoms with Crippen molar-refractivity contribution in [3.05, 3.63) is 102 Å². The summed E-state index contributed by atoms with van der Waals surface area (Å²) < 4.78 is 5.61. The average Bonchev–Trinajstić information content (AvgIpc) is 3.32. The number of rotatable bonds is 5. The largest absolute Gasteiger partial charge is 0.360 e. The Hall–Kier alpha value is -4.73. The van der Waals surface area contributed by atoms with Crippen LogP contribution in [0.25, 0.3) is 33.2 Å². The number of pyridine rings is 1. The van der Waals surface area contributed by atoms with Gasteiger partial charge in [-0.3, -0.25) is 4.79 Å². The van der Waals surface area contributed by atoms with Crippen LogP contribution < -0.4 is 10.6 Å². The highest BCUT2D eigenvalue weighted by atomic mass is 16.5. The Bertz CT molecular complexity index is 1640. The third-order valence-electron chi connectivity index (χ3n) is 6.23. The molecule has 37 heavy (non-hydrogen) atoms. The van der Waals surface area contributed by atoms with Gasteiger partial charge >= 0.3 is 0 Å². The van der Waals surface area contributed by atoms with E-state index < -0.39 is 0 Å². The van der Waals surface area contributed by atoms with Gasteiger partial charge in [-0.2, -0.15) is 0 Å². The number of hydrogen-bond acceptors (Lipinski definition) is 5. The van der Waals surface area contributed by atoms with Crippen LogP contribution in [-0.4, -0.2) is 29.1 Å². The molecule has 0 aliphatic rings. The van der Waals surface area contributed by atoms with Crippen molar-refractivity contribution < 1.29 is 9.32 Å². The number of nitrogens with zero attached hydrogens (tertiary/aromatic N) is 2. The SMILES string of the molecule is CNC(C)C(=O)Nc1ccc(-c2c(-c3ccccc3)noc2C)c(C#Cc2ccc3ccccc3c2)n1. The topological polar surface area (TPSA) is 80.0 Å². The quantitative estimate of drug-likeness (QED) is 0.307. The number of carbonyl (C=O) groups excluding carboxylic acids is 1. The zero-order valence-corrected chi connectivity index (χ0v) is 20.9. The summed E-state index contributed by atoms with van der Waals surface area (Å²) >= 11 is 0. The third kappa shape index (κ3) is 5.13. The molecule has 5 rings (SSSR count). The van der Waals surface area contributed by atoms with Crippen molar-refractivity contribution in [3.63, 3.8) is 0 Å². The first-order valence-corrected chi connectivity index (χ1v) is 12.1. The lowest BCUT2D eigenvalue weighted by Crippen LogP contribution is -2.35. The fourth-order valence-corrected chi connectivity index (χ4v) is 4.07. The average molecular weight is 487 g/mol. The summed E-state index contributed by atoms with van der Waals surface area (Å²) in [6.45, 7) is 3.66. The van der Waals surface area contributed by atoms with E-state index in [-0.39, 0.29) is 11.9 Å². The Kier molecular flexibility index (Phi) is 6.80. The molecule has 0 aliphatic carbocycles. The summed E-state index contributed by atoms with van der Waals surface area (Å²) in [5, 5.41) is 12.4. The van der Waals surface area contributed by atoms with Gasteiger partial charge in [0.25, 0.3) is 0 Å². The number of amides is 1. The zero-order chi connectivity index (χ0) is 25.8. The van der Waals surface area contributed by atoms with E-state index in [2.05, 4.69) is 51.9 Å². The Morgan fingerprint density at radius 2 is 1.68 bits per heavy atom. The summed E-state index contributed by atoms with van der Waals surface area (Å²) in [6, 6.07) is 27.5. The van der Waals surface area contributed by atoms with E-state index in [4.69, 9.17) is 9.51 Å². The van der Waals surface area contributed by atoms with E-state index in [1.54, 1.807) is 20.0 Å². The van der Waals surface area contributed by atoms with Crippen molar-refractivity contribution >= 4 is 22.5 Å². The van der Waals surface area contributed by atoms with E-state index in [9.17, 15) is 4.79 Å². The molecule has 1 unspecified atom stereocenters. The van der Waals surface area contributed by atoms with Crippen molar-refractivity contribution in [2.75, 3.05) is 12.4 Å². The predicted octanol–water partition coefficient (Wildman–Crippen LogP) is 5.81. The van der Waals surface area contributed by atoms with Gasteiger partial charge in [-0.1, -0.05) is 71.7 Å². The summed E-state index contributed by atoms with van der Waals surface area (Å²) in [7, 11) is 1.74. The predicted molar refractivity (Wildman–Crippen MR) is 147 cm³/mol. The Labute approximate surface area is 215 Å². The van der Waals surface area contributed by atoms with Crippen LogP contribution in [-0.2, 0) is 4.79 Å². The van der Waals surface area contributed by atoms with Crippen LogP contribution >= 0.6 is 0 Å². The van der Waals surface area contributed by atoms with Gasteiger partial charge in [0.05, 0.1) is 11.6 Å². The smallest absolute Gasteiger partial charge is 0.242 e. The maximum atomic E-state index is 12.5. The highest BCUT2D eigenvalue weighted by Crippen LogP contribution is 2.36. The molecule has 0 radical (unpaired) electrons. The normalized spacial score (nSPS) is 11.5. The highest BCUT2D eigenvalue weighted by molar-refractivity contribution is 5.94. The molecule has 0 bridgehead atoms. The lowest BCUT2D eigenvalue weighted by molar-refractivity contribution is -0.117. The van der Waals surface area contributed by atoms with E-state index in [0.717, 1.165) is 33.0 Å². The second kappa shape index (κ2) is 10.5. The second-order valence-electron chi connectivity index (χ2n) is 8.73. The Morgan fingerprint density at radius 3 is 2.46 bits per heavy atom. The number of anilines is 1. The molecule has 6 nitrogen and oxygen atoms in total. The van der Waals surface area contributed by atoms with Crippen LogP contribution in [0.3, 0.4) is 0 Å². The van der Waals surface area contributed by atoms with Gasteiger partial charge in [-0.15, -0.1) is 0 Å². The number of hydrogen-bond donors (Lipinski definition) is 2. The van der Waals surface area contributed by atoms with Gasteiger partial charge in [0.2, 0.25) is 5.91 Å². The number of likely N-dealkylation sites (N-methyl/N-ethyl adjacent to an activating group) is 1. The van der Waals surface area contributed by atoms with Crippen LogP contribution in [0, 0.1) is 18.8 Å². The summed E-state index contributed by atoms with van der Waals surface area (Å²) in [6.07, 6.45) is 0. The summed E-state index contributed by atoms with van der Waals surface area (Å²) in [5.74, 6) is 7.42.